The summed E-state index contributed by atoms with van der Waals surface area (Å²) in [6.45, 7) is 2.19. The minimum absolute atomic E-state index is 1.02. The summed E-state index contributed by atoms with van der Waals surface area (Å²) in [7, 11) is 0. The maximum absolute atomic E-state index is 5.95. The number of rotatable bonds is 5. The fraction of sp³-hybridized carbons (Fsp3) is 0.333. The maximum Gasteiger partial charge on any atom is 0.111 e. The zero-order valence-electron chi connectivity index (χ0n) is 10.1. The molecule has 0 fully saturated rings. The van der Waals surface area contributed by atoms with E-state index in [2.05, 4.69) is 65.9 Å². The zero-order valence-corrected chi connectivity index (χ0v) is 12.2. The van der Waals surface area contributed by atoms with Crippen LogP contribution in [0.5, 0.6) is 0 Å². The maximum atomic E-state index is 5.95. The van der Waals surface area contributed by atoms with Gasteiger partial charge in [0.15, 0.2) is 0 Å². The van der Waals surface area contributed by atoms with Crippen molar-refractivity contribution in [3.05, 3.63) is 47.9 Å². The molecule has 1 heterocycles. The largest absolute Gasteiger partial charge is 0.465 e. The predicted octanol–water partition coefficient (Wildman–Crippen LogP) is 4.88. The van der Waals surface area contributed by atoms with Gasteiger partial charge in [0.25, 0.3) is 0 Å². The van der Waals surface area contributed by atoms with Crippen LogP contribution in [-0.2, 0) is 12.8 Å². The number of alkyl halides is 1. The summed E-state index contributed by atoms with van der Waals surface area (Å²) in [6, 6.07) is 12.7. The normalized spacial score (nSPS) is 10.7. The average molecular weight is 340 g/mol. The summed E-state index contributed by atoms with van der Waals surface area (Å²) in [5, 5.41) is 0. The Bertz CT molecular complexity index is 459. The molecule has 2 rings (SSSR count). The van der Waals surface area contributed by atoms with Gasteiger partial charge in [-0.3, -0.25) is 0 Å². The molecule has 0 unspecified atom stereocenters. The van der Waals surface area contributed by atoms with Crippen LogP contribution in [0.25, 0.3) is 11.1 Å². The van der Waals surface area contributed by atoms with E-state index in [9.17, 15) is 0 Å². The van der Waals surface area contributed by atoms with Crippen LogP contribution >= 0.6 is 22.6 Å². The summed E-state index contributed by atoms with van der Waals surface area (Å²) in [5.74, 6) is 2.25. The highest BCUT2D eigenvalue weighted by Gasteiger charge is 2.11. The lowest BCUT2D eigenvalue weighted by molar-refractivity contribution is 0.469. The van der Waals surface area contributed by atoms with Crippen LogP contribution in [0.15, 0.2) is 40.8 Å². The SMILES string of the molecule is CCCc1oc(CCI)cc1-c1ccccc1. The van der Waals surface area contributed by atoms with Gasteiger partial charge in [-0.1, -0.05) is 59.8 Å². The van der Waals surface area contributed by atoms with Crippen molar-refractivity contribution in [3.8, 4) is 11.1 Å². The molecule has 1 aromatic heterocycles. The molecule has 0 aliphatic carbocycles. The van der Waals surface area contributed by atoms with Crippen molar-refractivity contribution in [2.75, 3.05) is 4.43 Å². The Morgan fingerprint density at radius 3 is 2.53 bits per heavy atom. The lowest BCUT2D eigenvalue weighted by Gasteiger charge is -2.00. The Balaban J connectivity index is 2.37. The summed E-state index contributed by atoms with van der Waals surface area (Å²) in [4.78, 5) is 0. The van der Waals surface area contributed by atoms with Gasteiger partial charge in [-0.25, -0.2) is 0 Å². The van der Waals surface area contributed by atoms with E-state index in [0.29, 0.717) is 0 Å². The van der Waals surface area contributed by atoms with Crippen LogP contribution in [0, 0.1) is 0 Å². The molecule has 0 bridgehead atoms. The van der Waals surface area contributed by atoms with Crippen molar-refractivity contribution in [1.82, 2.24) is 0 Å². The zero-order chi connectivity index (χ0) is 12.1. The molecule has 1 nitrogen and oxygen atoms in total. The van der Waals surface area contributed by atoms with Gasteiger partial charge >= 0.3 is 0 Å². The summed E-state index contributed by atoms with van der Waals surface area (Å²) >= 11 is 2.39. The second kappa shape index (κ2) is 6.24. The summed E-state index contributed by atoms with van der Waals surface area (Å²) in [6.07, 6.45) is 3.16. The number of hydrogen-bond donors (Lipinski definition) is 0. The molecule has 0 aliphatic heterocycles. The van der Waals surface area contributed by atoms with E-state index in [-0.39, 0.29) is 0 Å². The van der Waals surface area contributed by atoms with Gasteiger partial charge in [0, 0.05) is 22.8 Å². The summed E-state index contributed by atoms with van der Waals surface area (Å²) < 4.78 is 7.05. The van der Waals surface area contributed by atoms with Crippen LogP contribution in [0.1, 0.15) is 24.9 Å². The third-order valence-electron chi connectivity index (χ3n) is 2.76. The third-order valence-corrected chi connectivity index (χ3v) is 3.30. The van der Waals surface area contributed by atoms with E-state index in [4.69, 9.17) is 4.42 Å². The summed E-state index contributed by atoms with van der Waals surface area (Å²) in [5.41, 5.74) is 2.53. The molecule has 0 radical (unpaired) electrons. The predicted molar refractivity (Wildman–Crippen MR) is 80.7 cm³/mol. The Kier molecular flexibility index (Phi) is 4.66. The number of furan rings is 1. The van der Waals surface area contributed by atoms with Crippen LogP contribution in [-0.4, -0.2) is 4.43 Å². The molecule has 0 saturated heterocycles. The fourth-order valence-electron chi connectivity index (χ4n) is 1.98. The molecule has 2 aromatic rings. The van der Waals surface area contributed by atoms with Crippen LogP contribution in [0.2, 0.25) is 0 Å². The van der Waals surface area contributed by atoms with Crippen molar-refractivity contribution in [2.24, 2.45) is 0 Å². The quantitative estimate of drug-likeness (QED) is 0.559. The van der Waals surface area contributed by atoms with Gasteiger partial charge in [-0.05, 0) is 18.1 Å². The van der Waals surface area contributed by atoms with E-state index < -0.39 is 0 Å². The van der Waals surface area contributed by atoms with Gasteiger partial charge in [-0.2, -0.15) is 0 Å². The first kappa shape index (κ1) is 12.7. The van der Waals surface area contributed by atoms with Crippen molar-refractivity contribution in [3.63, 3.8) is 0 Å². The van der Waals surface area contributed by atoms with Gasteiger partial charge < -0.3 is 4.42 Å². The molecule has 17 heavy (non-hydrogen) atoms. The smallest absolute Gasteiger partial charge is 0.111 e. The molecule has 0 N–H and O–H groups in total. The van der Waals surface area contributed by atoms with Crippen LogP contribution < -0.4 is 0 Å². The van der Waals surface area contributed by atoms with E-state index in [1.807, 2.05) is 0 Å². The van der Waals surface area contributed by atoms with Crippen molar-refractivity contribution in [1.29, 1.82) is 0 Å². The monoisotopic (exact) mass is 340 g/mol. The first-order chi connectivity index (χ1) is 8.35. The highest BCUT2D eigenvalue weighted by molar-refractivity contribution is 14.1. The molecule has 0 aliphatic rings. The number of benzene rings is 1. The molecular weight excluding hydrogens is 323 g/mol. The first-order valence-electron chi connectivity index (χ1n) is 6.08. The number of aryl methyl sites for hydroxylation is 2. The fourth-order valence-corrected chi connectivity index (χ4v) is 2.51. The van der Waals surface area contributed by atoms with E-state index >= 15 is 0 Å². The van der Waals surface area contributed by atoms with Gasteiger partial charge in [-0.15, -0.1) is 0 Å². The third kappa shape index (κ3) is 3.12. The van der Waals surface area contributed by atoms with Gasteiger partial charge in [0.05, 0.1) is 0 Å². The highest BCUT2D eigenvalue weighted by Crippen LogP contribution is 2.28. The standard InChI is InChI=1S/C15H17IO/c1-2-6-15-14(11-13(17-15)9-10-16)12-7-4-3-5-8-12/h3-5,7-8,11H,2,6,9-10H2,1H3. The van der Waals surface area contributed by atoms with Crippen molar-refractivity contribution < 1.29 is 4.42 Å². The molecule has 0 atom stereocenters. The number of hydrogen-bond acceptors (Lipinski definition) is 1. The average Bonchev–Trinajstić information content (AvgIpc) is 2.74. The molecule has 0 amide bonds. The van der Waals surface area contributed by atoms with Crippen molar-refractivity contribution >= 4 is 22.6 Å². The Morgan fingerprint density at radius 2 is 1.88 bits per heavy atom. The minimum Gasteiger partial charge on any atom is -0.465 e. The molecule has 0 spiro atoms. The molecule has 0 saturated carbocycles. The number of halogens is 1. The first-order valence-corrected chi connectivity index (χ1v) is 7.60. The minimum atomic E-state index is 1.02. The lowest BCUT2D eigenvalue weighted by atomic mass is 10.0. The highest BCUT2D eigenvalue weighted by atomic mass is 127. The Hall–Kier alpha value is -0.770. The molecular formula is C15H17IO. The van der Waals surface area contributed by atoms with Gasteiger partial charge in [0.1, 0.15) is 11.5 Å². The topological polar surface area (TPSA) is 13.1 Å². The van der Waals surface area contributed by atoms with Crippen LogP contribution in [0.4, 0.5) is 0 Å². The molecule has 1 aromatic carbocycles. The van der Waals surface area contributed by atoms with E-state index in [0.717, 1.165) is 35.2 Å². The lowest BCUT2D eigenvalue weighted by Crippen LogP contribution is -1.83. The molecule has 2 heteroatoms. The second-order valence-corrected chi connectivity index (χ2v) is 5.18. The second-order valence-electron chi connectivity index (χ2n) is 4.10. The van der Waals surface area contributed by atoms with E-state index in [1.165, 1.54) is 11.1 Å². The van der Waals surface area contributed by atoms with E-state index in [1.54, 1.807) is 0 Å². The van der Waals surface area contributed by atoms with Crippen molar-refractivity contribution in [2.45, 2.75) is 26.2 Å². The Morgan fingerprint density at radius 1 is 1.12 bits per heavy atom. The van der Waals surface area contributed by atoms with Crippen LogP contribution in [0.3, 0.4) is 0 Å². The molecule has 90 valence electrons. The Labute approximate surface area is 116 Å². The van der Waals surface area contributed by atoms with Gasteiger partial charge in [0.2, 0.25) is 0 Å².